The Morgan fingerprint density at radius 1 is 1.30 bits per heavy atom. The Bertz CT molecular complexity index is 848. The van der Waals surface area contributed by atoms with Crippen molar-refractivity contribution in [1.82, 2.24) is 9.96 Å². The molecular weight excluding hydrogens is 402 g/mol. The Balaban J connectivity index is 1.81. The molecule has 2 aromatic carbocycles. The molecule has 0 radical (unpaired) electrons. The molecule has 1 aliphatic rings. The van der Waals surface area contributed by atoms with Crippen LogP contribution >= 0.6 is 35.6 Å². The van der Waals surface area contributed by atoms with E-state index in [-0.39, 0.29) is 0 Å². The predicted octanol–water partition coefficient (Wildman–Crippen LogP) is 5.20. The maximum absolute atomic E-state index is 12.6. The minimum absolute atomic E-state index is 0.480. The van der Waals surface area contributed by atoms with Crippen molar-refractivity contribution in [2.75, 3.05) is 5.32 Å². The van der Waals surface area contributed by atoms with E-state index < -0.39 is 16.9 Å². The first-order valence-corrected chi connectivity index (χ1v) is 9.96. The second-order valence-electron chi connectivity index (χ2n) is 6.74. The Hall–Kier alpha value is -1.80. The van der Waals surface area contributed by atoms with Gasteiger partial charge in [-0.25, -0.2) is 4.79 Å². The molecule has 8 heteroatoms. The summed E-state index contributed by atoms with van der Waals surface area (Å²) in [6.45, 7) is 4.41. The number of carbonyl (C=O) groups is 1. The topological polar surface area (TPSA) is 55.8 Å². The zero-order valence-corrected chi connectivity index (χ0v) is 17.3. The van der Waals surface area contributed by atoms with Crippen molar-refractivity contribution >= 4 is 51.6 Å². The molecule has 5 nitrogen and oxygen atoms in total. The van der Waals surface area contributed by atoms with Gasteiger partial charge >= 0.3 is 6.03 Å². The van der Waals surface area contributed by atoms with Crippen LogP contribution in [0.1, 0.15) is 19.4 Å². The van der Waals surface area contributed by atoms with Gasteiger partial charge in [-0.2, -0.15) is 5.06 Å². The fraction of sp³-hybridized carbons (Fsp3) is 0.263. The van der Waals surface area contributed by atoms with Gasteiger partial charge in [0.25, 0.3) is 0 Å². The van der Waals surface area contributed by atoms with Gasteiger partial charge in [-0.1, -0.05) is 72.0 Å². The molecule has 0 spiro atoms. The Morgan fingerprint density at radius 3 is 2.67 bits per heavy atom. The number of anilines is 1. The lowest BCUT2D eigenvalue weighted by Gasteiger charge is -2.36. The van der Waals surface area contributed by atoms with Crippen LogP contribution in [-0.4, -0.2) is 36.4 Å². The number of benzene rings is 2. The quantitative estimate of drug-likeness (QED) is 0.403. The molecule has 0 aromatic heterocycles. The molecule has 2 amide bonds. The summed E-state index contributed by atoms with van der Waals surface area (Å²) in [7, 11) is 0. The molecule has 0 unspecified atom stereocenters. The Morgan fingerprint density at radius 2 is 2.00 bits per heavy atom. The number of amides is 2. The molecule has 2 aromatic rings. The first kappa shape index (κ1) is 19.9. The lowest BCUT2D eigenvalue weighted by Crippen LogP contribution is -2.55. The number of rotatable bonds is 4. The highest BCUT2D eigenvalue weighted by Gasteiger charge is 2.49. The highest BCUT2D eigenvalue weighted by atomic mass is 35.5. The summed E-state index contributed by atoms with van der Waals surface area (Å²) in [5, 5.41) is 14.6. The highest BCUT2D eigenvalue weighted by molar-refractivity contribution is 8.24. The number of carbonyl (C=O) groups excluding carboxylic acids is 1. The molecule has 1 saturated heterocycles. The van der Waals surface area contributed by atoms with Gasteiger partial charge in [0, 0.05) is 17.3 Å². The molecule has 2 N–H and O–H groups in total. The summed E-state index contributed by atoms with van der Waals surface area (Å²) in [6, 6.07) is 15.9. The third kappa shape index (κ3) is 4.55. The zero-order valence-electron chi connectivity index (χ0n) is 14.9. The van der Waals surface area contributed by atoms with Crippen LogP contribution < -0.4 is 5.32 Å². The molecule has 1 heterocycles. The number of hydrogen-bond acceptors (Lipinski definition) is 4. The van der Waals surface area contributed by atoms with Crippen molar-refractivity contribution in [3.63, 3.8) is 0 Å². The first-order chi connectivity index (χ1) is 12.8. The number of thiocarbonyl (C=S) groups is 1. The summed E-state index contributed by atoms with van der Waals surface area (Å²) >= 11 is 12.9. The van der Waals surface area contributed by atoms with Crippen LogP contribution in [0.5, 0.6) is 0 Å². The molecule has 3 rings (SSSR count). The van der Waals surface area contributed by atoms with Crippen molar-refractivity contribution in [3.05, 3.63) is 65.2 Å². The van der Waals surface area contributed by atoms with E-state index in [0.717, 1.165) is 10.6 Å². The summed E-state index contributed by atoms with van der Waals surface area (Å²) in [5.41, 5.74) is 1.55. The second-order valence-corrected chi connectivity index (χ2v) is 9.47. The Labute approximate surface area is 173 Å². The number of urea groups is 1. The molecule has 27 heavy (non-hydrogen) atoms. The van der Waals surface area contributed by atoms with E-state index in [1.165, 1.54) is 11.8 Å². The molecule has 0 bridgehead atoms. The summed E-state index contributed by atoms with van der Waals surface area (Å²) in [4.78, 5) is 14.5. The van der Waals surface area contributed by atoms with E-state index in [2.05, 4.69) is 5.32 Å². The second kappa shape index (κ2) is 8.06. The van der Waals surface area contributed by atoms with Crippen molar-refractivity contribution in [2.24, 2.45) is 0 Å². The fourth-order valence-electron chi connectivity index (χ4n) is 3.03. The van der Waals surface area contributed by atoms with E-state index in [1.54, 1.807) is 24.3 Å². The van der Waals surface area contributed by atoms with Crippen molar-refractivity contribution in [3.8, 4) is 0 Å². The third-order valence-electron chi connectivity index (χ3n) is 4.21. The normalized spacial score (nSPS) is 18.4. The molecule has 142 valence electrons. The standard InChI is InChI=1S/C19H20ClN3O2S2/c1-19(2)16(22(18(26)27-19)12-13-7-4-3-5-8-13)23(25)17(24)21-15-10-6-9-14(20)11-15/h3-11,16,25H,12H2,1-2H3,(H,21,24)/t16-/m0/s1. The minimum Gasteiger partial charge on any atom is -0.329 e. The summed E-state index contributed by atoms with van der Waals surface area (Å²) in [6.07, 6.45) is -0.616. The smallest absolute Gasteiger partial charge is 0.329 e. The Kier molecular flexibility index (Phi) is 5.95. The van der Waals surface area contributed by atoms with E-state index in [4.69, 9.17) is 23.8 Å². The maximum Gasteiger partial charge on any atom is 0.347 e. The van der Waals surface area contributed by atoms with E-state index in [1.807, 2.05) is 49.1 Å². The molecule has 1 fully saturated rings. The van der Waals surface area contributed by atoms with Gasteiger partial charge in [0.2, 0.25) is 0 Å². The van der Waals surface area contributed by atoms with Gasteiger partial charge in [-0.05, 0) is 37.6 Å². The lowest BCUT2D eigenvalue weighted by atomic mass is 10.1. The van der Waals surface area contributed by atoms with E-state index in [9.17, 15) is 10.0 Å². The van der Waals surface area contributed by atoms with Crippen LogP contribution in [0.25, 0.3) is 0 Å². The SMILES string of the molecule is CC1(C)SC(=S)N(Cc2ccccc2)[C@H]1N(O)C(=O)Nc1cccc(Cl)c1. The highest BCUT2D eigenvalue weighted by Crippen LogP contribution is 2.43. The van der Waals surface area contributed by atoms with Gasteiger partial charge in [0.15, 0.2) is 0 Å². The van der Waals surface area contributed by atoms with Crippen molar-refractivity contribution < 1.29 is 10.0 Å². The van der Waals surface area contributed by atoms with Gasteiger partial charge in [-0.3, -0.25) is 5.21 Å². The van der Waals surface area contributed by atoms with Gasteiger partial charge in [-0.15, -0.1) is 0 Å². The van der Waals surface area contributed by atoms with Crippen LogP contribution in [0, 0.1) is 0 Å². The third-order valence-corrected chi connectivity index (χ3v) is 6.08. The lowest BCUT2D eigenvalue weighted by molar-refractivity contribution is -0.115. The van der Waals surface area contributed by atoms with E-state index in [0.29, 0.717) is 21.6 Å². The largest absolute Gasteiger partial charge is 0.347 e. The molecule has 0 aliphatic carbocycles. The van der Waals surface area contributed by atoms with Crippen molar-refractivity contribution in [1.29, 1.82) is 0 Å². The number of nitrogens with zero attached hydrogens (tertiary/aromatic N) is 2. The average molecular weight is 422 g/mol. The van der Waals surface area contributed by atoms with Crippen molar-refractivity contribution in [2.45, 2.75) is 31.3 Å². The van der Waals surface area contributed by atoms with Gasteiger partial charge in [0.1, 0.15) is 10.5 Å². The maximum atomic E-state index is 12.6. The number of thioether (sulfide) groups is 1. The van der Waals surface area contributed by atoms with Gasteiger partial charge < -0.3 is 10.2 Å². The zero-order chi connectivity index (χ0) is 19.6. The molecule has 1 atom stereocenters. The summed E-state index contributed by atoms with van der Waals surface area (Å²) < 4.78 is 0.162. The minimum atomic E-state index is -0.640. The van der Waals surface area contributed by atoms with Crippen LogP contribution in [0.2, 0.25) is 5.02 Å². The number of hydroxylamine groups is 2. The number of hydrogen-bond donors (Lipinski definition) is 2. The van der Waals surface area contributed by atoms with Crippen LogP contribution in [0.15, 0.2) is 54.6 Å². The monoisotopic (exact) mass is 421 g/mol. The fourth-order valence-corrected chi connectivity index (χ4v) is 5.09. The molecular formula is C19H20ClN3O2S2. The van der Waals surface area contributed by atoms with E-state index >= 15 is 0 Å². The summed E-state index contributed by atoms with van der Waals surface area (Å²) in [5.74, 6) is 0. The molecule has 1 aliphatic heterocycles. The molecule has 0 saturated carbocycles. The van der Waals surface area contributed by atoms with Crippen LogP contribution in [-0.2, 0) is 6.54 Å². The first-order valence-electron chi connectivity index (χ1n) is 8.36. The average Bonchev–Trinajstić information content (AvgIpc) is 2.83. The van der Waals surface area contributed by atoms with Crippen LogP contribution in [0.4, 0.5) is 10.5 Å². The predicted molar refractivity (Wildman–Crippen MR) is 114 cm³/mol. The number of halogens is 1. The van der Waals surface area contributed by atoms with Gasteiger partial charge in [0.05, 0.1) is 4.75 Å². The van der Waals surface area contributed by atoms with Crippen LogP contribution in [0.3, 0.4) is 0 Å². The number of nitrogens with one attached hydrogen (secondary N) is 1.